The van der Waals surface area contributed by atoms with Crippen LogP contribution in [0, 0.1) is 5.82 Å². The monoisotopic (exact) mass is 466 g/mol. The number of hydrogen-bond acceptors (Lipinski definition) is 3. The van der Waals surface area contributed by atoms with E-state index in [2.05, 4.69) is 27.6 Å². The lowest BCUT2D eigenvalue weighted by atomic mass is 10.1. The van der Waals surface area contributed by atoms with Crippen LogP contribution in [0.4, 0.5) is 4.39 Å². The molecular formula is C17H28FIN4S. The van der Waals surface area contributed by atoms with E-state index in [1.54, 1.807) is 24.9 Å². The van der Waals surface area contributed by atoms with Crippen LogP contribution >= 0.6 is 35.7 Å². The van der Waals surface area contributed by atoms with Crippen LogP contribution in [0.3, 0.4) is 0 Å². The maximum atomic E-state index is 13.4. The van der Waals surface area contributed by atoms with Crippen molar-refractivity contribution >= 4 is 41.7 Å². The number of halogens is 2. The Labute approximate surface area is 166 Å². The third-order valence-electron chi connectivity index (χ3n) is 4.31. The summed E-state index contributed by atoms with van der Waals surface area (Å²) in [5, 5.41) is 6.72. The van der Waals surface area contributed by atoms with Crippen molar-refractivity contribution in [2.45, 2.75) is 31.2 Å². The number of likely N-dealkylation sites (N-methyl/N-ethyl adjacent to an activating group) is 1. The number of benzene rings is 1. The minimum absolute atomic E-state index is 0. The van der Waals surface area contributed by atoms with Gasteiger partial charge < -0.3 is 15.5 Å². The first-order valence-electron chi connectivity index (χ1n) is 8.05. The molecule has 1 atom stereocenters. The van der Waals surface area contributed by atoms with Gasteiger partial charge in [-0.15, -0.1) is 24.0 Å². The number of rotatable bonds is 6. The molecule has 0 saturated carbocycles. The van der Waals surface area contributed by atoms with Crippen LogP contribution in [-0.2, 0) is 12.3 Å². The molecule has 0 amide bonds. The molecule has 1 aliphatic heterocycles. The van der Waals surface area contributed by atoms with E-state index in [1.807, 2.05) is 12.3 Å². The van der Waals surface area contributed by atoms with Crippen molar-refractivity contribution in [3.63, 3.8) is 0 Å². The first-order chi connectivity index (χ1) is 11.1. The van der Waals surface area contributed by atoms with E-state index in [-0.39, 0.29) is 29.8 Å². The van der Waals surface area contributed by atoms with Crippen LogP contribution in [0.5, 0.6) is 0 Å². The average Bonchev–Trinajstić information content (AvgIpc) is 2.95. The Morgan fingerprint density at radius 1 is 1.38 bits per heavy atom. The van der Waals surface area contributed by atoms with E-state index < -0.39 is 0 Å². The third kappa shape index (κ3) is 6.40. The molecule has 1 unspecified atom stereocenters. The van der Waals surface area contributed by atoms with Gasteiger partial charge in [-0.25, -0.2) is 4.39 Å². The second kappa shape index (κ2) is 11.1. The SMILES string of the molecule is CN=C(NCc1ccc(F)cc1CSC)NCC1CCCN1C.I. The molecule has 7 heteroatoms. The minimum atomic E-state index is -0.176. The van der Waals surface area contributed by atoms with Crippen LogP contribution < -0.4 is 10.6 Å². The van der Waals surface area contributed by atoms with E-state index in [0.29, 0.717) is 12.6 Å². The third-order valence-corrected chi connectivity index (χ3v) is 4.91. The molecule has 0 radical (unpaired) electrons. The second-order valence-electron chi connectivity index (χ2n) is 5.93. The van der Waals surface area contributed by atoms with Crippen LogP contribution in [0.25, 0.3) is 0 Å². The van der Waals surface area contributed by atoms with Gasteiger partial charge in [0.15, 0.2) is 5.96 Å². The van der Waals surface area contributed by atoms with Gasteiger partial charge in [-0.05, 0) is 55.9 Å². The van der Waals surface area contributed by atoms with Crippen molar-refractivity contribution in [1.29, 1.82) is 0 Å². The summed E-state index contributed by atoms with van der Waals surface area (Å²) in [7, 11) is 3.95. The molecule has 0 aliphatic carbocycles. The molecule has 1 aromatic rings. The van der Waals surface area contributed by atoms with Gasteiger partial charge in [0.25, 0.3) is 0 Å². The van der Waals surface area contributed by atoms with Gasteiger partial charge in [0.05, 0.1) is 0 Å². The summed E-state index contributed by atoms with van der Waals surface area (Å²) in [4.78, 5) is 6.66. The predicted molar refractivity (Wildman–Crippen MR) is 113 cm³/mol. The highest BCUT2D eigenvalue weighted by atomic mass is 127. The molecular weight excluding hydrogens is 438 g/mol. The summed E-state index contributed by atoms with van der Waals surface area (Å²) in [6.45, 7) is 2.72. The Morgan fingerprint density at radius 2 is 2.17 bits per heavy atom. The van der Waals surface area contributed by atoms with E-state index in [0.717, 1.165) is 29.4 Å². The second-order valence-corrected chi connectivity index (χ2v) is 6.80. The Hall–Kier alpha value is -0.540. The molecule has 1 fully saturated rings. The van der Waals surface area contributed by atoms with E-state index in [4.69, 9.17) is 0 Å². The van der Waals surface area contributed by atoms with Crippen molar-refractivity contribution < 1.29 is 4.39 Å². The fourth-order valence-electron chi connectivity index (χ4n) is 2.91. The zero-order valence-corrected chi connectivity index (χ0v) is 17.8. The summed E-state index contributed by atoms with van der Waals surface area (Å²) in [5.74, 6) is 1.43. The smallest absolute Gasteiger partial charge is 0.191 e. The Morgan fingerprint density at radius 3 is 2.79 bits per heavy atom. The lowest BCUT2D eigenvalue weighted by Gasteiger charge is -2.21. The average molecular weight is 466 g/mol. The summed E-state index contributed by atoms with van der Waals surface area (Å²) < 4.78 is 13.4. The normalized spacial score (nSPS) is 18.3. The highest BCUT2D eigenvalue weighted by Crippen LogP contribution is 2.17. The molecule has 0 aromatic heterocycles. The Kier molecular flexibility index (Phi) is 9.99. The maximum Gasteiger partial charge on any atom is 0.191 e. The number of guanidine groups is 1. The Balaban J connectivity index is 0.00000288. The molecule has 0 spiro atoms. The first kappa shape index (κ1) is 21.5. The van der Waals surface area contributed by atoms with Crippen molar-refractivity contribution in [2.24, 2.45) is 4.99 Å². The molecule has 1 heterocycles. The number of aliphatic imine (C=N–C) groups is 1. The van der Waals surface area contributed by atoms with Gasteiger partial charge in [0.1, 0.15) is 5.82 Å². The highest BCUT2D eigenvalue weighted by Gasteiger charge is 2.20. The fourth-order valence-corrected chi connectivity index (χ4v) is 3.49. The quantitative estimate of drug-likeness (QED) is 0.384. The highest BCUT2D eigenvalue weighted by molar-refractivity contribution is 14.0. The minimum Gasteiger partial charge on any atom is -0.355 e. The number of likely N-dealkylation sites (tertiary alicyclic amines) is 1. The summed E-state index contributed by atoms with van der Waals surface area (Å²) in [6.07, 6.45) is 4.53. The summed E-state index contributed by atoms with van der Waals surface area (Å²) in [5.41, 5.74) is 2.15. The topological polar surface area (TPSA) is 39.7 Å². The number of nitrogens with zero attached hydrogens (tertiary/aromatic N) is 2. The number of thioether (sulfide) groups is 1. The van der Waals surface area contributed by atoms with Crippen LogP contribution in [0.15, 0.2) is 23.2 Å². The molecule has 1 aromatic carbocycles. The van der Waals surface area contributed by atoms with Crippen molar-refractivity contribution in [2.75, 3.05) is 33.4 Å². The molecule has 2 rings (SSSR count). The summed E-state index contributed by atoms with van der Waals surface area (Å²) >= 11 is 1.70. The standard InChI is InChI=1S/C17H27FN4S.HI/c1-19-17(21-11-16-5-4-8-22(16)2)20-10-13-6-7-15(18)9-14(13)12-23-3;/h6-7,9,16H,4-5,8,10-12H2,1-3H3,(H2,19,20,21);1H. The predicted octanol–water partition coefficient (Wildman–Crippen LogP) is 3.07. The van der Waals surface area contributed by atoms with Crippen molar-refractivity contribution in [3.8, 4) is 0 Å². The molecule has 24 heavy (non-hydrogen) atoms. The molecule has 4 nitrogen and oxygen atoms in total. The molecule has 136 valence electrons. The molecule has 0 bridgehead atoms. The van der Waals surface area contributed by atoms with Gasteiger partial charge in [-0.1, -0.05) is 6.07 Å². The zero-order valence-electron chi connectivity index (χ0n) is 14.6. The number of nitrogens with one attached hydrogen (secondary N) is 2. The van der Waals surface area contributed by atoms with Crippen molar-refractivity contribution in [1.82, 2.24) is 15.5 Å². The first-order valence-corrected chi connectivity index (χ1v) is 9.44. The van der Waals surface area contributed by atoms with Gasteiger partial charge >= 0.3 is 0 Å². The summed E-state index contributed by atoms with van der Waals surface area (Å²) in [6, 6.07) is 5.57. The van der Waals surface area contributed by atoms with Gasteiger partial charge in [0.2, 0.25) is 0 Å². The molecule has 1 saturated heterocycles. The van der Waals surface area contributed by atoms with E-state index in [1.165, 1.54) is 25.5 Å². The van der Waals surface area contributed by atoms with E-state index >= 15 is 0 Å². The lowest BCUT2D eigenvalue weighted by molar-refractivity contribution is 0.309. The number of hydrogen-bond donors (Lipinski definition) is 2. The van der Waals surface area contributed by atoms with Crippen molar-refractivity contribution in [3.05, 3.63) is 35.1 Å². The maximum absolute atomic E-state index is 13.4. The van der Waals surface area contributed by atoms with Gasteiger partial charge in [-0.3, -0.25) is 4.99 Å². The van der Waals surface area contributed by atoms with E-state index in [9.17, 15) is 4.39 Å². The van der Waals surface area contributed by atoms with Gasteiger partial charge in [-0.2, -0.15) is 11.8 Å². The van der Waals surface area contributed by atoms with Crippen LogP contribution in [0.2, 0.25) is 0 Å². The molecule has 2 N–H and O–H groups in total. The van der Waals surface area contributed by atoms with Crippen LogP contribution in [-0.4, -0.2) is 50.3 Å². The zero-order chi connectivity index (χ0) is 16.7. The Bertz CT molecular complexity index is 541. The fraction of sp³-hybridized carbons (Fsp3) is 0.588. The lowest BCUT2D eigenvalue weighted by Crippen LogP contribution is -2.43. The largest absolute Gasteiger partial charge is 0.355 e. The van der Waals surface area contributed by atoms with Crippen LogP contribution in [0.1, 0.15) is 24.0 Å². The molecule has 1 aliphatic rings. The van der Waals surface area contributed by atoms with Gasteiger partial charge in [0, 0.05) is 31.9 Å².